The zero-order chi connectivity index (χ0) is 40.9. The van der Waals surface area contributed by atoms with Crippen LogP contribution in [0.4, 0.5) is 34.1 Å². The van der Waals surface area contributed by atoms with Crippen LogP contribution in [0.5, 0.6) is 0 Å². The highest BCUT2D eigenvalue weighted by atomic mass is 15.1. The second-order valence-electron chi connectivity index (χ2n) is 16.6. The number of para-hydroxylation sites is 1. The molecule has 0 bridgehead atoms. The van der Waals surface area contributed by atoms with Crippen molar-refractivity contribution in [1.29, 1.82) is 0 Å². The Bertz CT molecular complexity index is 3220. The summed E-state index contributed by atoms with van der Waals surface area (Å²) < 4.78 is 0. The minimum absolute atomic E-state index is 0.0939. The van der Waals surface area contributed by atoms with Crippen molar-refractivity contribution in [1.82, 2.24) is 0 Å². The summed E-state index contributed by atoms with van der Waals surface area (Å²) in [6.07, 6.45) is 0. The minimum atomic E-state index is -0.0939. The molecule has 0 saturated heterocycles. The van der Waals surface area contributed by atoms with Crippen LogP contribution in [-0.4, -0.2) is 0 Å². The Morgan fingerprint density at radius 3 is 1.69 bits per heavy atom. The molecule has 0 heterocycles. The van der Waals surface area contributed by atoms with Crippen LogP contribution in [0.2, 0.25) is 0 Å². The van der Waals surface area contributed by atoms with E-state index >= 15 is 0 Å². The lowest BCUT2D eigenvalue weighted by atomic mass is 9.82. The van der Waals surface area contributed by atoms with Crippen molar-refractivity contribution < 1.29 is 0 Å². The zero-order valence-corrected chi connectivity index (χ0v) is 34.3. The highest BCUT2D eigenvalue weighted by Crippen LogP contribution is 2.51. The molecule has 0 radical (unpaired) electrons. The van der Waals surface area contributed by atoms with Gasteiger partial charge in [0.15, 0.2) is 0 Å². The van der Waals surface area contributed by atoms with Crippen LogP contribution < -0.4 is 9.80 Å². The Hall–Kier alpha value is -7.68. The molecular weight excluding hydrogens is 737 g/mol. The van der Waals surface area contributed by atoms with Gasteiger partial charge in [-0.25, -0.2) is 0 Å². The number of hydrogen-bond acceptors (Lipinski definition) is 2. The third-order valence-corrected chi connectivity index (χ3v) is 12.6. The SMILES string of the molecule is CC1(C)c2ccccc2-c2ccc(N(c3ccccc3)c3cccc(-c4ccc(N(c5ccc6ccccc6c5)c5ccc6ccccc6c5-c5ccccc5)cc4)c3)cc21. The van der Waals surface area contributed by atoms with E-state index in [9.17, 15) is 0 Å². The smallest absolute Gasteiger partial charge is 0.0546 e. The summed E-state index contributed by atoms with van der Waals surface area (Å²) >= 11 is 0. The van der Waals surface area contributed by atoms with Crippen LogP contribution in [0.1, 0.15) is 25.0 Å². The summed E-state index contributed by atoms with van der Waals surface area (Å²) in [6, 6.07) is 84.1. The molecular formula is C59H44N2. The predicted molar refractivity (Wildman–Crippen MR) is 259 cm³/mol. The van der Waals surface area contributed by atoms with E-state index in [-0.39, 0.29) is 5.41 Å². The normalized spacial score (nSPS) is 12.6. The van der Waals surface area contributed by atoms with Crippen LogP contribution in [0, 0.1) is 0 Å². The van der Waals surface area contributed by atoms with E-state index < -0.39 is 0 Å². The average Bonchev–Trinajstić information content (AvgIpc) is 3.55. The van der Waals surface area contributed by atoms with Gasteiger partial charge < -0.3 is 9.80 Å². The van der Waals surface area contributed by atoms with Crippen LogP contribution in [-0.2, 0) is 5.41 Å². The first kappa shape index (κ1) is 36.4. The first-order valence-corrected chi connectivity index (χ1v) is 21.2. The molecule has 2 nitrogen and oxygen atoms in total. The lowest BCUT2D eigenvalue weighted by molar-refractivity contribution is 0.660. The molecule has 0 saturated carbocycles. The van der Waals surface area contributed by atoms with Crippen LogP contribution in [0.15, 0.2) is 231 Å². The van der Waals surface area contributed by atoms with Gasteiger partial charge in [0, 0.05) is 39.4 Å². The molecule has 2 heteroatoms. The van der Waals surface area contributed by atoms with Gasteiger partial charge in [-0.1, -0.05) is 178 Å². The summed E-state index contributed by atoms with van der Waals surface area (Å²) in [7, 11) is 0. The number of anilines is 6. The Kier molecular flexibility index (Phi) is 8.86. The number of fused-ring (bicyclic) bond motifs is 5. The fourth-order valence-corrected chi connectivity index (χ4v) is 9.58. The summed E-state index contributed by atoms with van der Waals surface area (Å²) in [5.41, 5.74) is 16.7. The number of benzene rings is 10. The summed E-state index contributed by atoms with van der Waals surface area (Å²) in [6.45, 7) is 4.70. The van der Waals surface area contributed by atoms with Gasteiger partial charge in [-0.3, -0.25) is 0 Å². The highest BCUT2D eigenvalue weighted by molar-refractivity contribution is 6.06. The zero-order valence-electron chi connectivity index (χ0n) is 34.3. The maximum absolute atomic E-state index is 2.42. The Labute approximate surface area is 358 Å². The van der Waals surface area contributed by atoms with Crippen molar-refractivity contribution in [3.8, 4) is 33.4 Å². The van der Waals surface area contributed by atoms with Crippen molar-refractivity contribution in [2.24, 2.45) is 0 Å². The van der Waals surface area contributed by atoms with Crippen molar-refractivity contribution >= 4 is 55.7 Å². The molecule has 0 atom stereocenters. The monoisotopic (exact) mass is 780 g/mol. The van der Waals surface area contributed by atoms with Crippen LogP contribution >= 0.6 is 0 Å². The predicted octanol–water partition coefficient (Wildman–Crippen LogP) is 16.6. The van der Waals surface area contributed by atoms with Crippen molar-refractivity contribution in [2.75, 3.05) is 9.80 Å². The van der Waals surface area contributed by atoms with E-state index in [1.165, 1.54) is 54.9 Å². The van der Waals surface area contributed by atoms with Gasteiger partial charge in [-0.05, 0) is 127 Å². The standard InChI is InChI=1S/C59H44N2/c1-59(2)55-27-14-13-26-53(55)54-36-35-51(40-56(54)59)60(47-22-7-4-8-23-47)49-24-15-21-46(38-49)42-28-32-48(33-29-42)61(50-34-30-41-16-9-10-20-45(41)39-50)57-37-31-43-17-11-12-25-52(43)58(57)44-18-5-3-6-19-44/h3-40H,1-2H3. The molecule has 0 amide bonds. The first-order chi connectivity index (χ1) is 30.0. The first-order valence-electron chi connectivity index (χ1n) is 21.2. The molecule has 10 aromatic carbocycles. The van der Waals surface area contributed by atoms with Crippen molar-refractivity contribution in [2.45, 2.75) is 19.3 Å². The van der Waals surface area contributed by atoms with Crippen molar-refractivity contribution in [3.05, 3.63) is 242 Å². The highest BCUT2D eigenvalue weighted by Gasteiger charge is 2.35. The van der Waals surface area contributed by atoms with Crippen LogP contribution in [0.25, 0.3) is 54.9 Å². The van der Waals surface area contributed by atoms with Gasteiger partial charge in [-0.2, -0.15) is 0 Å². The number of rotatable bonds is 8. The largest absolute Gasteiger partial charge is 0.310 e. The maximum atomic E-state index is 2.42. The Balaban J connectivity index is 1.02. The molecule has 0 aromatic heterocycles. The van der Waals surface area contributed by atoms with Gasteiger partial charge in [0.1, 0.15) is 0 Å². The molecule has 0 N–H and O–H groups in total. The van der Waals surface area contributed by atoms with Gasteiger partial charge in [0.05, 0.1) is 5.69 Å². The third-order valence-electron chi connectivity index (χ3n) is 12.6. The second kappa shape index (κ2) is 14.9. The van der Waals surface area contributed by atoms with Gasteiger partial charge in [0.2, 0.25) is 0 Å². The van der Waals surface area contributed by atoms with E-state index in [4.69, 9.17) is 0 Å². The number of nitrogens with zero attached hydrogens (tertiary/aromatic N) is 2. The van der Waals surface area contributed by atoms with E-state index in [2.05, 4.69) is 254 Å². The minimum Gasteiger partial charge on any atom is -0.310 e. The summed E-state index contributed by atoms with van der Waals surface area (Å²) in [4.78, 5) is 4.82. The topological polar surface area (TPSA) is 6.48 Å². The van der Waals surface area contributed by atoms with Gasteiger partial charge in [-0.15, -0.1) is 0 Å². The average molecular weight is 781 g/mol. The van der Waals surface area contributed by atoms with E-state index in [1.807, 2.05) is 0 Å². The fraction of sp³-hybridized carbons (Fsp3) is 0.0508. The molecule has 10 aromatic rings. The molecule has 0 fully saturated rings. The molecule has 1 aliphatic rings. The Morgan fingerprint density at radius 1 is 0.311 bits per heavy atom. The molecule has 11 rings (SSSR count). The fourth-order valence-electron chi connectivity index (χ4n) is 9.58. The van der Waals surface area contributed by atoms with E-state index in [1.54, 1.807) is 0 Å². The third kappa shape index (κ3) is 6.36. The molecule has 0 unspecified atom stereocenters. The maximum Gasteiger partial charge on any atom is 0.0546 e. The second-order valence-corrected chi connectivity index (χ2v) is 16.6. The quantitative estimate of drug-likeness (QED) is 0.152. The molecule has 0 spiro atoms. The molecule has 0 aliphatic heterocycles. The van der Waals surface area contributed by atoms with Crippen LogP contribution in [0.3, 0.4) is 0 Å². The molecule has 1 aliphatic carbocycles. The van der Waals surface area contributed by atoms with E-state index in [0.29, 0.717) is 0 Å². The van der Waals surface area contributed by atoms with E-state index in [0.717, 1.165) is 45.3 Å². The Morgan fingerprint density at radius 2 is 0.869 bits per heavy atom. The number of hydrogen-bond donors (Lipinski definition) is 0. The summed E-state index contributed by atoms with van der Waals surface area (Å²) in [5.74, 6) is 0. The lowest BCUT2D eigenvalue weighted by Gasteiger charge is -2.29. The molecule has 61 heavy (non-hydrogen) atoms. The summed E-state index contributed by atoms with van der Waals surface area (Å²) in [5, 5.41) is 4.88. The molecule has 290 valence electrons. The van der Waals surface area contributed by atoms with Gasteiger partial charge in [0.25, 0.3) is 0 Å². The van der Waals surface area contributed by atoms with Crippen molar-refractivity contribution in [3.63, 3.8) is 0 Å². The van der Waals surface area contributed by atoms with Gasteiger partial charge >= 0.3 is 0 Å². The lowest BCUT2D eigenvalue weighted by Crippen LogP contribution is -2.16.